The Morgan fingerprint density at radius 1 is 1.27 bits per heavy atom. The molecule has 0 fully saturated rings. The topological polar surface area (TPSA) is 91.0 Å². The Labute approximate surface area is 150 Å². The lowest BCUT2D eigenvalue weighted by Gasteiger charge is -2.15. The molecule has 134 valence electrons. The fourth-order valence-corrected chi connectivity index (χ4v) is 2.45. The van der Waals surface area contributed by atoms with Gasteiger partial charge in [-0.25, -0.2) is 9.36 Å². The summed E-state index contributed by atoms with van der Waals surface area (Å²) in [5.74, 6) is 0.872. The van der Waals surface area contributed by atoms with Gasteiger partial charge < -0.3 is 10.1 Å². The van der Waals surface area contributed by atoms with E-state index in [9.17, 15) is 9.59 Å². The summed E-state index contributed by atoms with van der Waals surface area (Å²) in [4.78, 5) is 24.6. The third-order valence-electron chi connectivity index (χ3n) is 3.90. The van der Waals surface area contributed by atoms with E-state index < -0.39 is 6.04 Å². The van der Waals surface area contributed by atoms with Crippen molar-refractivity contribution in [2.24, 2.45) is 0 Å². The second-order valence-corrected chi connectivity index (χ2v) is 5.67. The number of hydrogen-bond acceptors (Lipinski definition) is 5. The van der Waals surface area contributed by atoms with Gasteiger partial charge in [0.15, 0.2) is 5.82 Å². The van der Waals surface area contributed by atoms with E-state index in [2.05, 4.69) is 15.5 Å². The maximum Gasteiger partial charge on any atom is 0.267 e. The number of hydrogen-bond donors (Lipinski definition) is 1. The van der Waals surface area contributed by atoms with E-state index in [0.717, 1.165) is 16.0 Å². The van der Waals surface area contributed by atoms with E-state index in [4.69, 9.17) is 4.74 Å². The van der Waals surface area contributed by atoms with Crippen LogP contribution in [0.3, 0.4) is 0 Å². The highest BCUT2D eigenvalue weighted by Gasteiger charge is 2.18. The standard InChI is InChI=1S/C18H19N5O3/c1-13(18(25)19-12-14-5-3-6-15(11-14)26-2)23-17(24)8-7-16(21-23)22-10-4-9-20-22/h3-11,13H,12H2,1-2H3,(H,19,25). The van der Waals surface area contributed by atoms with Crippen LogP contribution in [0.5, 0.6) is 5.75 Å². The molecule has 8 nitrogen and oxygen atoms in total. The Morgan fingerprint density at radius 2 is 2.12 bits per heavy atom. The zero-order valence-electron chi connectivity index (χ0n) is 14.5. The van der Waals surface area contributed by atoms with Gasteiger partial charge in [-0.1, -0.05) is 12.1 Å². The second-order valence-electron chi connectivity index (χ2n) is 5.67. The average molecular weight is 353 g/mol. The van der Waals surface area contributed by atoms with Gasteiger partial charge in [0.1, 0.15) is 11.8 Å². The fraction of sp³-hybridized carbons (Fsp3) is 0.222. The first-order valence-corrected chi connectivity index (χ1v) is 8.09. The fourth-order valence-electron chi connectivity index (χ4n) is 2.45. The van der Waals surface area contributed by atoms with Gasteiger partial charge in [0.25, 0.3) is 5.56 Å². The van der Waals surface area contributed by atoms with Crippen molar-refractivity contribution in [3.63, 3.8) is 0 Å². The van der Waals surface area contributed by atoms with Crippen LogP contribution in [-0.2, 0) is 11.3 Å². The second kappa shape index (κ2) is 7.64. The van der Waals surface area contributed by atoms with Crippen molar-refractivity contribution in [3.05, 3.63) is 70.8 Å². The van der Waals surface area contributed by atoms with Gasteiger partial charge in [-0.05, 0) is 36.8 Å². The molecule has 0 saturated carbocycles. The van der Waals surface area contributed by atoms with Gasteiger partial charge in [-0.2, -0.15) is 5.10 Å². The van der Waals surface area contributed by atoms with Crippen molar-refractivity contribution in [2.45, 2.75) is 19.5 Å². The Balaban J connectivity index is 1.73. The highest BCUT2D eigenvalue weighted by atomic mass is 16.5. The van der Waals surface area contributed by atoms with E-state index in [1.807, 2.05) is 24.3 Å². The highest BCUT2D eigenvalue weighted by molar-refractivity contribution is 5.79. The smallest absolute Gasteiger partial charge is 0.267 e. The van der Waals surface area contributed by atoms with Gasteiger partial charge in [-0.3, -0.25) is 9.59 Å². The largest absolute Gasteiger partial charge is 0.497 e. The zero-order valence-corrected chi connectivity index (χ0v) is 14.5. The van der Waals surface area contributed by atoms with Gasteiger partial charge in [-0.15, -0.1) is 5.10 Å². The lowest BCUT2D eigenvalue weighted by molar-refractivity contribution is -0.124. The van der Waals surface area contributed by atoms with Crippen LogP contribution >= 0.6 is 0 Å². The molecule has 0 saturated heterocycles. The van der Waals surface area contributed by atoms with Gasteiger partial charge >= 0.3 is 0 Å². The third kappa shape index (κ3) is 3.80. The van der Waals surface area contributed by atoms with Crippen LogP contribution in [0.25, 0.3) is 5.82 Å². The molecule has 1 unspecified atom stereocenters. The lowest BCUT2D eigenvalue weighted by atomic mass is 10.2. The molecule has 26 heavy (non-hydrogen) atoms. The minimum absolute atomic E-state index is 0.306. The van der Waals surface area contributed by atoms with Crippen molar-refractivity contribution >= 4 is 5.91 Å². The number of nitrogens with one attached hydrogen (secondary N) is 1. The first-order valence-electron chi connectivity index (χ1n) is 8.09. The zero-order chi connectivity index (χ0) is 18.5. The number of amides is 1. The number of methoxy groups -OCH3 is 1. The van der Waals surface area contributed by atoms with E-state index in [1.54, 1.807) is 38.6 Å². The molecule has 0 aliphatic rings. The van der Waals surface area contributed by atoms with Crippen LogP contribution in [0.1, 0.15) is 18.5 Å². The summed E-state index contributed by atoms with van der Waals surface area (Å²) in [6.45, 7) is 1.95. The predicted octanol–water partition coefficient (Wildman–Crippen LogP) is 1.31. The SMILES string of the molecule is COc1cccc(CNC(=O)C(C)n2nc(-n3cccn3)ccc2=O)c1. The molecule has 1 amide bonds. The molecule has 1 N–H and O–H groups in total. The van der Waals surface area contributed by atoms with E-state index in [0.29, 0.717) is 12.4 Å². The molecule has 1 atom stereocenters. The summed E-state index contributed by atoms with van der Waals surface area (Å²) in [7, 11) is 1.59. The molecular weight excluding hydrogens is 334 g/mol. The summed E-state index contributed by atoms with van der Waals surface area (Å²) in [6.07, 6.45) is 3.33. The van der Waals surface area contributed by atoms with Crippen LogP contribution in [0.2, 0.25) is 0 Å². The highest BCUT2D eigenvalue weighted by Crippen LogP contribution is 2.12. The van der Waals surface area contributed by atoms with E-state index in [-0.39, 0.29) is 11.5 Å². The third-order valence-corrected chi connectivity index (χ3v) is 3.90. The van der Waals surface area contributed by atoms with Gasteiger partial charge in [0.2, 0.25) is 5.91 Å². The average Bonchev–Trinajstić information content (AvgIpc) is 3.21. The van der Waals surface area contributed by atoms with Gasteiger partial charge in [0.05, 0.1) is 7.11 Å². The van der Waals surface area contributed by atoms with Crippen molar-refractivity contribution in [1.82, 2.24) is 24.9 Å². The number of benzene rings is 1. The Bertz CT molecular complexity index is 949. The van der Waals surface area contributed by atoms with Crippen molar-refractivity contribution in [1.29, 1.82) is 0 Å². The Kier molecular flexibility index (Phi) is 5.12. The molecule has 8 heteroatoms. The minimum Gasteiger partial charge on any atom is -0.497 e. The molecule has 0 radical (unpaired) electrons. The van der Waals surface area contributed by atoms with Crippen LogP contribution in [-0.4, -0.2) is 32.6 Å². The quantitative estimate of drug-likeness (QED) is 0.722. The predicted molar refractivity (Wildman–Crippen MR) is 95.2 cm³/mol. The normalized spacial score (nSPS) is 11.8. The van der Waals surface area contributed by atoms with Crippen LogP contribution in [0, 0.1) is 0 Å². The summed E-state index contributed by atoms with van der Waals surface area (Å²) in [6, 6.07) is 11.3. The number of ether oxygens (including phenoxy) is 1. The first-order chi connectivity index (χ1) is 12.6. The minimum atomic E-state index is -0.761. The number of nitrogens with zero attached hydrogens (tertiary/aromatic N) is 4. The number of carbonyl (C=O) groups is 1. The molecule has 2 heterocycles. The molecule has 3 rings (SSSR count). The Hall–Kier alpha value is -3.42. The lowest BCUT2D eigenvalue weighted by Crippen LogP contribution is -2.37. The molecular formula is C18H19N5O3. The molecule has 3 aromatic rings. The summed E-state index contributed by atoms with van der Waals surface area (Å²) >= 11 is 0. The number of aromatic nitrogens is 4. The molecule has 2 aromatic heterocycles. The molecule has 0 aliphatic heterocycles. The summed E-state index contributed by atoms with van der Waals surface area (Å²) in [5, 5.41) is 11.1. The molecule has 0 aliphatic carbocycles. The van der Waals surface area contributed by atoms with E-state index >= 15 is 0 Å². The van der Waals surface area contributed by atoms with Crippen molar-refractivity contribution in [2.75, 3.05) is 7.11 Å². The van der Waals surface area contributed by atoms with Crippen LogP contribution in [0.15, 0.2) is 59.7 Å². The Morgan fingerprint density at radius 3 is 2.85 bits per heavy atom. The monoisotopic (exact) mass is 353 g/mol. The molecule has 0 bridgehead atoms. The van der Waals surface area contributed by atoms with Crippen LogP contribution < -0.4 is 15.6 Å². The summed E-state index contributed by atoms with van der Waals surface area (Å²) in [5.41, 5.74) is 0.542. The van der Waals surface area contributed by atoms with Crippen molar-refractivity contribution < 1.29 is 9.53 Å². The molecule has 1 aromatic carbocycles. The van der Waals surface area contributed by atoms with Crippen molar-refractivity contribution in [3.8, 4) is 11.6 Å². The maximum atomic E-state index is 12.5. The maximum absolute atomic E-state index is 12.5. The van der Waals surface area contributed by atoms with E-state index in [1.165, 1.54) is 10.7 Å². The summed E-state index contributed by atoms with van der Waals surface area (Å²) < 4.78 is 7.84. The van der Waals surface area contributed by atoms with Gasteiger partial charge in [0, 0.05) is 25.0 Å². The number of rotatable bonds is 6. The first kappa shape index (κ1) is 17.4. The van der Waals surface area contributed by atoms with Crippen LogP contribution in [0.4, 0.5) is 0 Å². The number of carbonyl (C=O) groups excluding carboxylic acids is 1. The molecule has 0 spiro atoms.